The standard InChI is InChI=1S/C14H18FNO2S/c1-2-19-13-5-3-4-12(13)16-11-7-6-9(14(17)18)8-10(11)15/h6-8,12-13,16H,2-5H2,1H3,(H,17,18). The number of hydrogen-bond donors (Lipinski definition) is 2. The van der Waals surface area contributed by atoms with Crippen molar-refractivity contribution >= 4 is 23.4 Å². The third-order valence-corrected chi connectivity index (χ3v) is 4.72. The number of carboxylic acids is 1. The van der Waals surface area contributed by atoms with E-state index in [2.05, 4.69) is 12.2 Å². The molecule has 0 spiro atoms. The van der Waals surface area contributed by atoms with Crippen molar-refractivity contribution < 1.29 is 14.3 Å². The van der Waals surface area contributed by atoms with Crippen molar-refractivity contribution in [2.75, 3.05) is 11.1 Å². The number of aromatic carboxylic acids is 1. The lowest BCUT2D eigenvalue weighted by atomic mass is 10.1. The van der Waals surface area contributed by atoms with Crippen molar-refractivity contribution in [2.45, 2.75) is 37.5 Å². The van der Waals surface area contributed by atoms with Crippen LogP contribution in [0.25, 0.3) is 0 Å². The van der Waals surface area contributed by atoms with Crippen LogP contribution < -0.4 is 5.32 Å². The zero-order valence-electron chi connectivity index (χ0n) is 10.9. The fourth-order valence-electron chi connectivity index (χ4n) is 2.47. The minimum Gasteiger partial charge on any atom is -0.478 e. The van der Waals surface area contributed by atoms with E-state index in [4.69, 9.17) is 5.11 Å². The third kappa shape index (κ3) is 3.41. The molecular weight excluding hydrogens is 265 g/mol. The Labute approximate surface area is 116 Å². The molecule has 0 heterocycles. The Morgan fingerprint density at radius 1 is 1.53 bits per heavy atom. The molecule has 1 aliphatic rings. The van der Waals surface area contributed by atoms with Gasteiger partial charge in [0.25, 0.3) is 0 Å². The zero-order valence-corrected chi connectivity index (χ0v) is 11.7. The monoisotopic (exact) mass is 283 g/mol. The van der Waals surface area contributed by atoms with E-state index < -0.39 is 11.8 Å². The van der Waals surface area contributed by atoms with Gasteiger partial charge in [0.05, 0.1) is 11.3 Å². The van der Waals surface area contributed by atoms with E-state index in [0.29, 0.717) is 10.9 Å². The van der Waals surface area contributed by atoms with Crippen molar-refractivity contribution in [1.82, 2.24) is 0 Å². The summed E-state index contributed by atoms with van der Waals surface area (Å²) in [5.74, 6) is -0.540. The minimum atomic E-state index is -1.11. The molecule has 0 aromatic heterocycles. The number of benzene rings is 1. The van der Waals surface area contributed by atoms with Gasteiger partial charge in [0.2, 0.25) is 0 Å². The van der Waals surface area contributed by atoms with Gasteiger partial charge in [-0.05, 0) is 36.8 Å². The molecule has 2 N–H and O–H groups in total. The van der Waals surface area contributed by atoms with Crippen LogP contribution in [0.4, 0.5) is 10.1 Å². The maximum absolute atomic E-state index is 13.8. The van der Waals surface area contributed by atoms with Crippen LogP contribution in [0.3, 0.4) is 0 Å². The molecule has 2 unspecified atom stereocenters. The van der Waals surface area contributed by atoms with Gasteiger partial charge in [-0.1, -0.05) is 13.3 Å². The summed E-state index contributed by atoms with van der Waals surface area (Å²) in [6, 6.07) is 4.30. The van der Waals surface area contributed by atoms with Crippen molar-refractivity contribution in [1.29, 1.82) is 0 Å². The summed E-state index contributed by atoms with van der Waals surface area (Å²) < 4.78 is 13.8. The van der Waals surface area contributed by atoms with Crippen LogP contribution in [0.1, 0.15) is 36.5 Å². The normalized spacial score (nSPS) is 22.4. The molecule has 104 valence electrons. The lowest BCUT2D eigenvalue weighted by Crippen LogP contribution is -2.26. The molecule has 0 bridgehead atoms. The number of thioether (sulfide) groups is 1. The quantitative estimate of drug-likeness (QED) is 0.866. The largest absolute Gasteiger partial charge is 0.478 e. The Morgan fingerprint density at radius 3 is 2.95 bits per heavy atom. The van der Waals surface area contributed by atoms with Crippen molar-refractivity contribution in [3.05, 3.63) is 29.6 Å². The highest BCUT2D eigenvalue weighted by Crippen LogP contribution is 2.32. The highest BCUT2D eigenvalue weighted by molar-refractivity contribution is 7.99. The lowest BCUT2D eigenvalue weighted by Gasteiger charge is -2.21. The number of rotatable bonds is 5. The second-order valence-electron chi connectivity index (χ2n) is 4.68. The second kappa shape index (κ2) is 6.28. The predicted molar refractivity (Wildman–Crippen MR) is 76.5 cm³/mol. The Hall–Kier alpha value is -1.23. The fourth-order valence-corrected chi connectivity index (χ4v) is 3.67. The van der Waals surface area contributed by atoms with E-state index in [-0.39, 0.29) is 11.6 Å². The summed E-state index contributed by atoms with van der Waals surface area (Å²) in [4.78, 5) is 10.8. The van der Waals surface area contributed by atoms with Gasteiger partial charge in [-0.25, -0.2) is 9.18 Å². The van der Waals surface area contributed by atoms with Gasteiger partial charge in [-0.3, -0.25) is 0 Å². The molecule has 1 aromatic rings. The SMILES string of the molecule is CCSC1CCCC1Nc1ccc(C(=O)O)cc1F. The van der Waals surface area contributed by atoms with E-state index in [0.717, 1.165) is 31.1 Å². The summed E-state index contributed by atoms with van der Waals surface area (Å²) in [5.41, 5.74) is 0.382. The molecule has 3 nitrogen and oxygen atoms in total. The van der Waals surface area contributed by atoms with Gasteiger partial charge in [0.15, 0.2) is 0 Å². The summed E-state index contributed by atoms with van der Waals surface area (Å²) >= 11 is 1.90. The first-order valence-corrected chi connectivity index (χ1v) is 7.57. The molecule has 0 aliphatic heterocycles. The first-order chi connectivity index (χ1) is 9.11. The molecule has 1 aromatic carbocycles. The molecule has 0 saturated heterocycles. The topological polar surface area (TPSA) is 49.3 Å². The number of carboxylic acid groups (broad SMARTS) is 1. The van der Waals surface area contributed by atoms with E-state index in [1.54, 1.807) is 0 Å². The molecule has 1 saturated carbocycles. The van der Waals surface area contributed by atoms with Crippen LogP contribution in [-0.2, 0) is 0 Å². The lowest BCUT2D eigenvalue weighted by molar-refractivity contribution is 0.0696. The summed E-state index contributed by atoms with van der Waals surface area (Å²) in [5, 5.41) is 12.5. The van der Waals surface area contributed by atoms with Crippen LogP contribution in [0.2, 0.25) is 0 Å². The number of nitrogens with one attached hydrogen (secondary N) is 1. The maximum atomic E-state index is 13.8. The van der Waals surface area contributed by atoms with Crippen LogP contribution >= 0.6 is 11.8 Å². The Balaban J connectivity index is 2.08. The Bertz CT molecular complexity index is 467. The second-order valence-corrected chi connectivity index (χ2v) is 6.19. The Kier molecular flexibility index (Phi) is 4.69. The van der Waals surface area contributed by atoms with Gasteiger partial charge in [-0.15, -0.1) is 0 Å². The van der Waals surface area contributed by atoms with Gasteiger partial charge in [-0.2, -0.15) is 11.8 Å². The zero-order chi connectivity index (χ0) is 13.8. The van der Waals surface area contributed by atoms with E-state index >= 15 is 0 Å². The van der Waals surface area contributed by atoms with Gasteiger partial charge >= 0.3 is 5.97 Å². The molecule has 2 atom stereocenters. The molecule has 5 heteroatoms. The summed E-state index contributed by atoms with van der Waals surface area (Å²) in [6.07, 6.45) is 3.35. The third-order valence-electron chi connectivity index (χ3n) is 3.39. The first-order valence-electron chi connectivity index (χ1n) is 6.52. The fraction of sp³-hybridized carbons (Fsp3) is 0.500. The number of hydrogen-bond acceptors (Lipinski definition) is 3. The van der Waals surface area contributed by atoms with Crippen LogP contribution in [0.15, 0.2) is 18.2 Å². The first kappa shape index (κ1) is 14.2. The number of halogens is 1. The van der Waals surface area contributed by atoms with Gasteiger partial charge in [0.1, 0.15) is 5.82 Å². The molecule has 1 aliphatic carbocycles. The van der Waals surface area contributed by atoms with E-state index in [1.165, 1.54) is 12.1 Å². The average Bonchev–Trinajstić information content (AvgIpc) is 2.79. The van der Waals surface area contributed by atoms with Crippen molar-refractivity contribution in [3.8, 4) is 0 Å². The molecule has 19 heavy (non-hydrogen) atoms. The minimum absolute atomic E-state index is 0.0195. The summed E-state index contributed by atoms with van der Waals surface area (Å²) in [6.45, 7) is 2.13. The van der Waals surface area contributed by atoms with Crippen LogP contribution in [0, 0.1) is 5.82 Å². The van der Waals surface area contributed by atoms with Crippen molar-refractivity contribution in [2.24, 2.45) is 0 Å². The number of anilines is 1. The Morgan fingerprint density at radius 2 is 2.32 bits per heavy atom. The molecule has 0 radical (unpaired) electrons. The van der Waals surface area contributed by atoms with Gasteiger partial charge in [0, 0.05) is 11.3 Å². The predicted octanol–water partition coefficient (Wildman–Crippen LogP) is 3.61. The van der Waals surface area contributed by atoms with E-state index in [9.17, 15) is 9.18 Å². The highest BCUT2D eigenvalue weighted by Gasteiger charge is 2.27. The van der Waals surface area contributed by atoms with Crippen LogP contribution in [0.5, 0.6) is 0 Å². The highest BCUT2D eigenvalue weighted by atomic mass is 32.2. The molecule has 2 rings (SSSR count). The average molecular weight is 283 g/mol. The number of carbonyl (C=O) groups is 1. The maximum Gasteiger partial charge on any atom is 0.335 e. The van der Waals surface area contributed by atoms with Gasteiger partial charge < -0.3 is 10.4 Å². The van der Waals surface area contributed by atoms with E-state index in [1.807, 2.05) is 11.8 Å². The van der Waals surface area contributed by atoms with Crippen molar-refractivity contribution in [3.63, 3.8) is 0 Å². The van der Waals surface area contributed by atoms with Crippen LogP contribution in [-0.4, -0.2) is 28.1 Å². The molecule has 0 amide bonds. The summed E-state index contributed by atoms with van der Waals surface area (Å²) in [7, 11) is 0. The molecular formula is C14H18FNO2S. The molecule has 1 fully saturated rings. The smallest absolute Gasteiger partial charge is 0.335 e.